The number of halogens is 8. The van der Waals surface area contributed by atoms with Crippen LogP contribution in [-0.4, -0.2) is 28.3 Å². The highest BCUT2D eigenvalue weighted by atomic mass is 19.4. The molecule has 0 radical (unpaired) electrons. The van der Waals surface area contributed by atoms with E-state index in [-0.39, 0.29) is 17.3 Å². The maximum Gasteiger partial charge on any atom is 0.573 e. The molecule has 1 unspecified atom stereocenters. The number of hydrazone groups is 1. The molecule has 0 fully saturated rings. The summed E-state index contributed by atoms with van der Waals surface area (Å²) >= 11 is 0. The molecule has 0 bridgehead atoms. The number of alkyl halides is 6. The second-order valence-corrected chi connectivity index (χ2v) is 10.2. The Morgan fingerprint density at radius 2 is 1.21 bits per heavy atom. The lowest BCUT2D eigenvalue weighted by atomic mass is 10.0. The van der Waals surface area contributed by atoms with Crippen LogP contribution < -0.4 is 25.9 Å². The maximum absolute atomic E-state index is 13.1. The van der Waals surface area contributed by atoms with Gasteiger partial charge in [0.25, 0.3) is 0 Å². The molecule has 4 N–H and O–H groups in total. The molecule has 1 aliphatic rings. The molecule has 1 atom stereocenters. The number of rotatable bonds is 6. The van der Waals surface area contributed by atoms with Crippen molar-refractivity contribution in [3.8, 4) is 28.4 Å². The zero-order chi connectivity index (χ0) is 34.6. The van der Waals surface area contributed by atoms with Crippen LogP contribution in [-0.2, 0) is 0 Å². The van der Waals surface area contributed by atoms with Crippen molar-refractivity contribution in [2.45, 2.75) is 25.2 Å². The number of amidine groups is 1. The molecule has 0 saturated heterocycles. The third-order valence-electron chi connectivity index (χ3n) is 6.66. The summed E-state index contributed by atoms with van der Waals surface area (Å²) in [7, 11) is 0. The van der Waals surface area contributed by atoms with E-state index in [2.05, 4.69) is 19.7 Å². The minimum absolute atomic E-state index is 0.177. The molecular weight excluding hydrogens is 652 g/mol. The highest BCUT2D eigenvalue weighted by Gasteiger charge is 2.33. The van der Waals surface area contributed by atoms with Crippen molar-refractivity contribution in [2.24, 2.45) is 10.8 Å². The van der Waals surface area contributed by atoms with Crippen molar-refractivity contribution in [2.75, 3.05) is 10.7 Å². The van der Waals surface area contributed by atoms with Crippen molar-refractivity contribution in [3.05, 3.63) is 120 Å². The average molecular weight is 677 g/mol. The van der Waals surface area contributed by atoms with E-state index in [1.807, 2.05) is 0 Å². The SMILES string of the molecule is NC1=NN(c2ccc(F)cc2)C(c2cccc(OC(F)(F)F)c2)C1.Nc1cc(-c2cccc(OC(F)(F)F)c2)n(-c2ccc(F)cc2)n1. The predicted octanol–water partition coefficient (Wildman–Crippen LogP) is 8.11. The number of anilines is 2. The van der Waals surface area contributed by atoms with Crippen molar-refractivity contribution in [3.63, 3.8) is 0 Å². The van der Waals surface area contributed by atoms with E-state index in [0.29, 0.717) is 40.5 Å². The molecule has 1 aromatic heterocycles. The molecule has 0 spiro atoms. The first-order valence-corrected chi connectivity index (χ1v) is 13.8. The molecule has 6 rings (SSSR count). The first-order chi connectivity index (χ1) is 22.6. The van der Waals surface area contributed by atoms with Gasteiger partial charge < -0.3 is 20.9 Å². The summed E-state index contributed by atoms with van der Waals surface area (Å²) in [5.74, 6) is -0.967. The van der Waals surface area contributed by atoms with Gasteiger partial charge in [-0.2, -0.15) is 10.2 Å². The second-order valence-electron chi connectivity index (χ2n) is 10.2. The summed E-state index contributed by atoms with van der Waals surface area (Å²) in [6.07, 6.45) is -9.21. The van der Waals surface area contributed by atoms with Crippen LogP contribution in [0.25, 0.3) is 16.9 Å². The van der Waals surface area contributed by atoms with Crippen LogP contribution in [0.5, 0.6) is 11.5 Å². The minimum atomic E-state index is -4.78. The van der Waals surface area contributed by atoms with E-state index >= 15 is 0 Å². The summed E-state index contributed by atoms with van der Waals surface area (Å²) < 4.78 is 110. The predicted molar refractivity (Wildman–Crippen MR) is 161 cm³/mol. The largest absolute Gasteiger partial charge is 0.573 e. The fraction of sp³-hybridized carbons (Fsp3) is 0.125. The number of hydrogen-bond acceptors (Lipinski definition) is 7. The van der Waals surface area contributed by atoms with Crippen LogP contribution in [0.2, 0.25) is 0 Å². The van der Waals surface area contributed by atoms with Crippen LogP contribution in [0.3, 0.4) is 0 Å². The number of nitrogens with two attached hydrogens (primary N) is 2. The zero-order valence-corrected chi connectivity index (χ0v) is 24.4. The molecule has 1 aliphatic heterocycles. The number of hydrogen-bond donors (Lipinski definition) is 2. The third-order valence-corrected chi connectivity index (χ3v) is 6.66. The second kappa shape index (κ2) is 13.5. The Hall–Kier alpha value is -5.80. The Labute approximate surface area is 267 Å². The Kier molecular flexibility index (Phi) is 9.45. The smallest absolute Gasteiger partial charge is 0.406 e. The number of nitrogen functional groups attached to an aromatic ring is 1. The van der Waals surface area contributed by atoms with Gasteiger partial charge in [-0.15, -0.1) is 26.3 Å². The standard InChI is InChI=1S/C16H13F4N3O.C16H11F4N3O/c2*17-11-4-6-12(7-5-11)23-14(9-15(21)22-23)10-2-1-3-13(8-10)24-16(18,19)20/h1-8,14H,9H2,(H2,21,22);1-9H,(H2,21,22). The van der Waals surface area contributed by atoms with Gasteiger partial charge in [0.05, 0.1) is 23.1 Å². The first-order valence-electron chi connectivity index (χ1n) is 13.8. The minimum Gasteiger partial charge on any atom is -0.406 e. The Balaban J connectivity index is 0.000000188. The summed E-state index contributed by atoms with van der Waals surface area (Å²) in [5.41, 5.74) is 14.0. The Bertz CT molecular complexity index is 1890. The quantitative estimate of drug-likeness (QED) is 0.176. The molecule has 0 aliphatic carbocycles. The average Bonchev–Trinajstić information content (AvgIpc) is 3.59. The highest BCUT2D eigenvalue weighted by molar-refractivity contribution is 5.85. The van der Waals surface area contributed by atoms with Crippen molar-refractivity contribution in [1.29, 1.82) is 0 Å². The van der Waals surface area contributed by atoms with E-state index in [1.54, 1.807) is 17.1 Å². The lowest BCUT2D eigenvalue weighted by Gasteiger charge is -2.24. The maximum atomic E-state index is 13.1. The number of benzene rings is 4. The molecule has 5 aromatic rings. The molecule has 16 heteroatoms. The lowest BCUT2D eigenvalue weighted by molar-refractivity contribution is -0.275. The van der Waals surface area contributed by atoms with Crippen molar-refractivity contribution < 1.29 is 44.6 Å². The highest BCUT2D eigenvalue weighted by Crippen LogP contribution is 2.36. The van der Waals surface area contributed by atoms with Gasteiger partial charge in [-0.05, 0) is 78.4 Å². The summed E-state index contributed by atoms with van der Waals surface area (Å²) in [6, 6.07) is 23.3. The van der Waals surface area contributed by atoms with Gasteiger partial charge in [0.1, 0.15) is 34.8 Å². The molecule has 0 saturated carbocycles. The normalized spacial score (nSPS) is 14.6. The van der Waals surface area contributed by atoms with Gasteiger partial charge in [-0.3, -0.25) is 5.01 Å². The van der Waals surface area contributed by atoms with Gasteiger partial charge in [0.2, 0.25) is 0 Å². The zero-order valence-electron chi connectivity index (χ0n) is 24.4. The van der Waals surface area contributed by atoms with Crippen LogP contribution >= 0.6 is 0 Å². The summed E-state index contributed by atoms with van der Waals surface area (Å²) in [6.45, 7) is 0. The van der Waals surface area contributed by atoms with E-state index in [9.17, 15) is 35.1 Å². The summed E-state index contributed by atoms with van der Waals surface area (Å²) in [5, 5.41) is 9.85. The van der Waals surface area contributed by atoms with Crippen LogP contribution in [0.1, 0.15) is 18.0 Å². The van der Waals surface area contributed by atoms with E-state index in [0.717, 1.165) is 0 Å². The fourth-order valence-corrected chi connectivity index (χ4v) is 4.78. The number of aromatic nitrogens is 2. The topological polar surface area (TPSA) is 104 Å². The third kappa shape index (κ3) is 8.71. The van der Waals surface area contributed by atoms with Gasteiger partial charge in [-0.1, -0.05) is 24.3 Å². The van der Waals surface area contributed by atoms with E-state index < -0.39 is 30.4 Å². The fourth-order valence-electron chi connectivity index (χ4n) is 4.78. The summed E-state index contributed by atoms with van der Waals surface area (Å²) in [4.78, 5) is 0. The van der Waals surface area contributed by atoms with Gasteiger partial charge in [0, 0.05) is 18.1 Å². The van der Waals surface area contributed by atoms with Crippen LogP contribution in [0.4, 0.5) is 46.6 Å². The monoisotopic (exact) mass is 676 g/mol. The number of nitrogens with zero attached hydrogens (tertiary/aromatic N) is 4. The van der Waals surface area contributed by atoms with Gasteiger partial charge >= 0.3 is 12.7 Å². The molecular formula is C32H24F8N6O2. The molecule has 8 nitrogen and oxygen atoms in total. The van der Waals surface area contributed by atoms with Gasteiger partial charge in [-0.25, -0.2) is 13.5 Å². The molecule has 250 valence electrons. The molecule has 4 aromatic carbocycles. The number of ether oxygens (including phenoxy) is 2. The lowest BCUT2D eigenvalue weighted by Crippen LogP contribution is -2.20. The Morgan fingerprint density at radius 1 is 0.667 bits per heavy atom. The Morgan fingerprint density at radius 3 is 1.79 bits per heavy atom. The van der Waals surface area contributed by atoms with Gasteiger partial charge in [0.15, 0.2) is 0 Å². The molecule has 0 amide bonds. The van der Waals surface area contributed by atoms with Crippen molar-refractivity contribution >= 4 is 17.3 Å². The van der Waals surface area contributed by atoms with E-state index in [1.165, 1.54) is 95.7 Å². The first kappa shape index (κ1) is 33.6. The molecule has 2 heterocycles. The molecule has 48 heavy (non-hydrogen) atoms. The van der Waals surface area contributed by atoms with E-state index in [4.69, 9.17) is 11.5 Å². The van der Waals surface area contributed by atoms with Crippen LogP contribution in [0.15, 0.2) is 108 Å². The van der Waals surface area contributed by atoms with Crippen LogP contribution in [0, 0.1) is 11.6 Å². The van der Waals surface area contributed by atoms with Crippen molar-refractivity contribution in [1.82, 2.24) is 9.78 Å².